The Morgan fingerprint density at radius 1 is 0.927 bits per heavy atom. The Hall–Kier alpha value is -4.25. The molecule has 0 aliphatic rings. The zero-order chi connectivity index (χ0) is 29.6. The first kappa shape index (κ1) is 29.7. The molecule has 0 aliphatic heterocycles. The SMILES string of the molecule is C[C@H](Cc1ccc(-c2ccc(S(=O)(=O)NC(=O)c3ccccc3)cc2)cc1)N(C[C@H](O)c1ccc(Cl)nc1)C(=O)O. The largest absolute Gasteiger partial charge is 0.465 e. The quantitative estimate of drug-likeness (QED) is 0.216. The summed E-state index contributed by atoms with van der Waals surface area (Å²) >= 11 is 5.79. The van der Waals surface area contributed by atoms with Gasteiger partial charge in [-0.3, -0.25) is 4.79 Å². The highest BCUT2D eigenvalue weighted by Gasteiger charge is 2.24. The van der Waals surface area contributed by atoms with Gasteiger partial charge in [0.15, 0.2) is 0 Å². The molecule has 0 spiro atoms. The molecule has 0 radical (unpaired) electrons. The molecule has 1 heterocycles. The highest BCUT2D eigenvalue weighted by atomic mass is 35.5. The van der Waals surface area contributed by atoms with Crippen LogP contribution in [0.3, 0.4) is 0 Å². The normalized spacial score (nSPS) is 12.8. The number of aliphatic hydroxyl groups excluding tert-OH is 1. The Morgan fingerprint density at radius 2 is 1.54 bits per heavy atom. The van der Waals surface area contributed by atoms with E-state index in [1.54, 1.807) is 43.3 Å². The van der Waals surface area contributed by atoms with E-state index in [2.05, 4.69) is 9.71 Å². The fraction of sp³-hybridized carbons (Fsp3) is 0.167. The van der Waals surface area contributed by atoms with E-state index >= 15 is 0 Å². The lowest BCUT2D eigenvalue weighted by molar-refractivity contribution is 0.0797. The molecule has 1 aromatic heterocycles. The molecule has 0 saturated carbocycles. The summed E-state index contributed by atoms with van der Waals surface area (Å²) in [4.78, 5) is 29.3. The first-order valence-corrected chi connectivity index (χ1v) is 14.5. The summed E-state index contributed by atoms with van der Waals surface area (Å²) in [7, 11) is -4.05. The molecule has 3 aromatic carbocycles. The van der Waals surface area contributed by atoms with Crippen LogP contribution in [0.15, 0.2) is 102 Å². The fourth-order valence-electron chi connectivity index (χ4n) is 4.26. The molecule has 0 bridgehead atoms. The van der Waals surface area contributed by atoms with Gasteiger partial charge in [0.25, 0.3) is 15.9 Å². The summed E-state index contributed by atoms with van der Waals surface area (Å²) in [5.74, 6) is -0.711. The molecule has 2 atom stereocenters. The number of pyridine rings is 1. The van der Waals surface area contributed by atoms with Gasteiger partial charge in [0.1, 0.15) is 5.15 Å². The predicted octanol–water partition coefficient (Wildman–Crippen LogP) is 5.17. The lowest BCUT2D eigenvalue weighted by Crippen LogP contribution is -2.41. The van der Waals surface area contributed by atoms with Crippen LogP contribution in [0.25, 0.3) is 11.1 Å². The summed E-state index contributed by atoms with van der Waals surface area (Å²) in [6.45, 7) is 1.64. The van der Waals surface area contributed by atoms with Crippen molar-refractivity contribution in [2.24, 2.45) is 0 Å². The maximum Gasteiger partial charge on any atom is 0.407 e. The van der Waals surface area contributed by atoms with Crippen molar-refractivity contribution in [2.45, 2.75) is 30.4 Å². The van der Waals surface area contributed by atoms with Gasteiger partial charge in [-0.2, -0.15) is 0 Å². The predicted molar refractivity (Wildman–Crippen MR) is 155 cm³/mol. The third-order valence-electron chi connectivity index (χ3n) is 6.53. The minimum Gasteiger partial charge on any atom is -0.465 e. The van der Waals surface area contributed by atoms with Crippen molar-refractivity contribution in [3.8, 4) is 11.1 Å². The number of carbonyl (C=O) groups is 2. The van der Waals surface area contributed by atoms with E-state index in [9.17, 15) is 28.2 Å². The Balaban J connectivity index is 1.39. The highest BCUT2D eigenvalue weighted by Crippen LogP contribution is 2.24. The second kappa shape index (κ2) is 12.9. The van der Waals surface area contributed by atoms with Gasteiger partial charge in [-0.05, 0) is 60.4 Å². The van der Waals surface area contributed by atoms with Gasteiger partial charge in [-0.25, -0.2) is 22.9 Å². The number of benzene rings is 3. The number of sulfonamides is 1. The van der Waals surface area contributed by atoms with Crippen molar-refractivity contribution >= 4 is 33.6 Å². The molecule has 9 nitrogen and oxygen atoms in total. The van der Waals surface area contributed by atoms with Crippen molar-refractivity contribution in [3.63, 3.8) is 0 Å². The van der Waals surface area contributed by atoms with Gasteiger partial charge in [-0.15, -0.1) is 0 Å². The molecule has 3 N–H and O–H groups in total. The van der Waals surface area contributed by atoms with E-state index in [1.165, 1.54) is 41.4 Å². The number of aliphatic hydroxyl groups is 1. The van der Waals surface area contributed by atoms with Crippen molar-refractivity contribution in [3.05, 3.63) is 119 Å². The number of aromatic nitrogens is 1. The minimum absolute atomic E-state index is 0.0405. The Morgan fingerprint density at radius 3 is 2.10 bits per heavy atom. The number of nitrogens with one attached hydrogen (secondary N) is 1. The second-order valence-electron chi connectivity index (χ2n) is 9.44. The summed E-state index contributed by atoms with van der Waals surface area (Å²) in [5, 5.41) is 20.6. The topological polar surface area (TPSA) is 137 Å². The molecular formula is C30H28ClN3O6S. The van der Waals surface area contributed by atoms with Gasteiger partial charge in [0, 0.05) is 23.4 Å². The number of hydrogen-bond acceptors (Lipinski definition) is 6. The molecule has 0 aliphatic carbocycles. The Kier molecular flexibility index (Phi) is 9.38. The average molecular weight is 594 g/mol. The van der Waals surface area contributed by atoms with E-state index < -0.39 is 34.2 Å². The van der Waals surface area contributed by atoms with Crippen LogP contribution in [-0.4, -0.2) is 53.1 Å². The molecule has 11 heteroatoms. The third-order valence-corrected chi connectivity index (χ3v) is 8.10. The smallest absolute Gasteiger partial charge is 0.407 e. The molecule has 0 saturated heterocycles. The summed E-state index contributed by atoms with van der Waals surface area (Å²) in [6, 6.07) is 24.4. The zero-order valence-corrected chi connectivity index (χ0v) is 23.6. The third kappa shape index (κ3) is 7.69. The summed E-state index contributed by atoms with van der Waals surface area (Å²) in [5.41, 5.74) is 3.19. The molecular weight excluding hydrogens is 566 g/mol. The number of carboxylic acid groups (broad SMARTS) is 1. The van der Waals surface area contributed by atoms with Crippen LogP contribution < -0.4 is 4.72 Å². The molecule has 4 aromatic rings. The number of nitrogens with zero attached hydrogens (tertiary/aromatic N) is 2. The van der Waals surface area contributed by atoms with E-state index in [-0.39, 0.29) is 22.2 Å². The first-order chi connectivity index (χ1) is 19.5. The van der Waals surface area contributed by atoms with Crippen molar-refractivity contribution in [2.75, 3.05) is 6.54 Å². The molecule has 0 unspecified atom stereocenters. The molecule has 0 fully saturated rings. The van der Waals surface area contributed by atoms with Crippen LogP contribution in [0.1, 0.15) is 34.5 Å². The Labute approximate surface area is 243 Å². The Bertz CT molecular complexity index is 1600. The van der Waals surface area contributed by atoms with Crippen molar-refractivity contribution in [1.82, 2.24) is 14.6 Å². The lowest BCUT2D eigenvalue weighted by Gasteiger charge is -2.28. The van der Waals surface area contributed by atoms with E-state index in [4.69, 9.17) is 11.6 Å². The average Bonchev–Trinajstić information content (AvgIpc) is 2.96. The van der Waals surface area contributed by atoms with Crippen LogP contribution in [0, 0.1) is 0 Å². The number of amides is 2. The van der Waals surface area contributed by atoms with E-state index in [0.717, 1.165) is 16.7 Å². The maximum atomic E-state index is 12.7. The number of hydrogen-bond donors (Lipinski definition) is 3. The molecule has 212 valence electrons. The van der Waals surface area contributed by atoms with Gasteiger partial charge < -0.3 is 15.1 Å². The maximum absolute atomic E-state index is 12.7. The lowest BCUT2D eigenvalue weighted by atomic mass is 10.0. The fourth-order valence-corrected chi connectivity index (χ4v) is 5.35. The van der Waals surface area contributed by atoms with Crippen LogP contribution in [0.2, 0.25) is 5.15 Å². The van der Waals surface area contributed by atoms with Gasteiger partial charge in [0.05, 0.1) is 17.5 Å². The van der Waals surface area contributed by atoms with Crippen LogP contribution in [-0.2, 0) is 16.4 Å². The van der Waals surface area contributed by atoms with E-state index in [1.807, 2.05) is 24.3 Å². The second-order valence-corrected chi connectivity index (χ2v) is 11.5. The molecule has 2 amide bonds. The number of halogens is 1. The summed E-state index contributed by atoms with van der Waals surface area (Å²) < 4.78 is 27.4. The van der Waals surface area contributed by atoms with Crippen molar-refractivity contribution in [1.29, 1.82) is 0 Å². The monoisotopic (exact) mass is 593 g/mol. The first-order valence-electron chi connectivity index (χ1n) is 12.6. The van der Waals surface area contributed by atoms with Gasteiger partial charge in [0.2, 0.25) is 0 Å². The zero-order valence-electron chi connectivity index (χ0n) is 22.0. The van der Waals surface area contributed by atoms with E-state index in [0.29, 0.717) is 12.0 Å². The number of carbonyl (C=O) groups excluding carboxylic acids is 1. The van der Waals surface area contributed by atoms with Crippen LogP contribution in [0.4, 0.5) is 4.79 Å². The standard InChI is InChI=1S/C30H28ClN3O6S/c1-20(34(30(37)38)19-27(35)25-13-16-28(31)32-18-25)17-21-7-9-22(10-8-21)23-11-14-26(15-12-23)41(39,40)33-29(36)24-5-3-2-4-6-24/h2-16,18,20,27,35H,17,19H2,1H3,(H,33,36)(H,37,38)/t20-,27+/m1/s1. The number of rotatable bonds is 10. The van der Waals surface area contributed by atoms with Gasteiger partial charge >= 0.3 is 6.09 Å². The highest BCUT2D eigenvalue weighted by molar-refractivity contribution is 7.90. The molecule has 41 heavy (non-hydrogen) atoms. The van der Waals surface area contributed by atoms with Crippen LogP contribution >= 0.6 is 11.6 Å². The minimum atomic E-state index is -4.05. The van der Waals surface area contributed by atoms with Crippen LogP contribution in [0.5, 0.6) is 0 Å². The molecule has 4 rings (SSSR count). The van der Waals surface area contributed by atoms with Crippen molar-refractivity contribution < 1.29 is 28.2 Å². The summed E-state index contributed by atoms with van der Waals surface area (Å²) in [6.07, 6.45) is -0.375. The van der Waals surface area contributed by atoms with Gasteiger partial charge in [-0.1, -0.05) is 72.3 Å².